The lowest BCUT2D eigenvalue weighted by atomic mass is 10.2. The minimum Gasteiger partial charge on any atom is -0.300 e. The van der Waals surface area contributed by atoms with Crippen molar-refractivity contribution in [3.63, 3.8) is 0 Å². The molecule has 5 heteroatoms. The minimum atomic E-state index is 0.345. The highest BCUT2D eigenvalue weighted by atomic mass is 16.6. The first-order chi connectivity index (χ1) is 6.92. The van der Waals surface area contributed by atoms with E-state index >= 15 is 0 Å². The van der Waals surface area contributed by atoms with Crippen LogP contribution in [-0.4, -0.2) is 15.0 Å². The van der Waals surface area contributed by atoms with Crippen LogP contribution in [0.1, 0.15) is 5.56 Å². The van der Waals surface area contributed by atoms with Gasteiger partial charge in [0.2, 0.25) is 0 Å². The van der Waals surface area contributed by atoms with Gasteiger partial charge in [-0.1, -0.05) is 18.2 Å². The topological polar surface area (TPSA) is 66.0 Å². The highest BCUT2D eigenvalue weighted by Crippen LogP contribution is 2.12. The van der Waals surface area contributed by atoms with Crippen LogP contribution in [0.3, 0.4) is 0 Å². The maximum atomic E-state index is 5.03. The smallest absolute Gasteiger partial charge is 0.0951 e. The third kappa shape index (κ3) is 1.63. The van der Waals surface area contributed by atoms with Gasteiger partial charge in [-0.15, -0.1) is 0 Å². The fourth-order valence-corrected chi connectivity index (χ4v) is 1.26. The molecule has 2 rings (SSSR count). The number of aromatic nitrogens is 3. The van der Waals surface area contributed by atoms with Gasteiger partial charge in [-0.05, 0) is 6.07 Å². The maximum Gasteiger partial charge on any atom is 0.0951 e. The molecule has 0 amide bonds. The van der Waals surface area contributed by atoms with Crippen molar-refractivity contribution < 1.29 is 4.84 Å². The van der Waals surface area contributed by atoms with E-state index in [1.165, 1.54) is 4.80 Å². The SMILES string of the molecule is NOCc1ccccc1-n1nccn1. The van der Waals surface area contributed by atoms with Gasteiger partial charge in [-0.25, -0.2) is 5.90 Å². The Labute approximate surface area is 81.1 Å². The van der Waals surface area contributed by atoms with E-state index in [1.807, 2.05) is 24.3 Å². The number of para-hydroxylation sites is 1. The molecular formula is C9H10N4O. The normalized spacial score (nSPS) is 10.4. The lowest BCUT2D eigenvalue weighted by Gasteiger charge is -2.06. The fraction of sp³-hybridized carbons (Fsp3) is 0.111. The quantitative estimate of drug-likeness (QED) is 0.722. The van der Waals surface area contributed by atoms with Crippen molar-refractivity contribution in [2.45, 2.75) is 6.61 Å². The number of rotatable bonds is 3. The third-order valence-corrected chi connectivity index (χ3v) is 1.86. The molecule has 0 spiro atoms. The summed E-state index contributed by atoms with van der Waals surface area (Å²) in [6, 6.07) is 7.67. The Balaban J connectivity index is 2.42. The Hall–Kier alpha value is -1.72. The van der Waals surface area contributed by atoms with Crippen molar-refractivity contribution >= 4 is 0 Å². The average Bonchev–Trinajstić information content (AvgIpc) is 2.72. The number of nitrogens with two attached hydrogens (primary N) is 1. The standard InChI is InChI=1S/C9H10N4O/c10-14-7-8-3-1-2-4-9(8)13-11-5-6-12-13/h1-6H,7,10H2. The van der Waals surface area contributed by atoms with Gasteiger partial charge in [-0.3, -0.25) is 4.84 Å². The summed E-state index contributed by atoms with van der Waals surface area (Å²) in [6.07, 6.45) is 3.25. The van der Waals surface area contributed by atoms with Crippen molar-refractivity contribution in [3.8, 4) is 5.69 Å². The number of nitrogens with zero attached hydrogens (tertiary/aromatic N) is 3. The predicted octanol–water partition coefficient (Wildman–Crippen LogP) is 0.658. The second-order valence-electron chi connectivity index (χ2n) is 2.76. The van der Waals surface area contributed by atoms with Gasteiger partial charge in [0, 0.05) is 5.56 Å². The van der Waals surface area contributed by atoms with Gasteiger partial charge < -0.3 is 0 Å². The summed E-state index contributed by atoms with van der Waals surface area (Å²) in [6.45, 7) is 0.345. The zero-order chi connectivity index (χ0) is 9.80. The Morgan fingerprint density at radius 3 is 2.64 bits per heavy atom. The molecule has 0 bridgehead atoms. The molecule has 0 aliphatic carbocycles. The first kappa shape index (κ1) is 8.86. The summed E-state index contributed by atoms with van der Waals surface area (Å²) < 4.78 is 0. The predicted molar refractivity (Wildman–Crippen MR) is 50.3 cm³/mol. The van der Waals surface area contributed by atoms with Gasteiger partial charge in [0.05, 0.1) is 24.7 Å². The zero-order valence-corrected chi connectivity index (χ0v) is 7.50. The Morgan fingerprint density at radius 1 is 1.21 bits per heavy atom. The molecule has 0 radical (unpaired) electrons. The molecular weight excluding hydrogens is 180 g/mol. The average molecular weight is 190 g/mol. The Kier molecular flexibility index (Phi) is 2.53. The van der Waals surface area contributed by atoms with E-state index in [1.54, 1.807) is 12.4 Å². The first-order valence-electron chi connectivity index (χ1n) is 4.18. The summed E-state index contributed by atoms with van der Waals surface area (Å²) in [5, 5.41) is 8.08. The molecule has 72 valence electrons. The summed E-state index contributed by atoms with van der Waals surface area (Å²) in [5.41, 5.74) is 1.83. The van der Waals surface area contributed by atoms with E-state index in [0.29, 0.717) is 6.61 Å². The van der Waals surface area contributed by atoms with E-state index in [2.05, 4.69) is 15.0 Å². The first-order valence-corrected chi connectivity index (χ1v) is 4.18. The van der Waals surface area contributed by atoms with Crippen LogP contribution in [0.15, 0.2) is 36.7 Å². The van der Waals surface area contributed by atoms with Crippen LogP contribution in [0.25, 0.3) is 5.69 Å². The molecule has 0 aliphatic rings. The van der Waals surface area contributed by atoms with Crippen LogP contribution in [0.5, 0.6) is 0 Å². The summed E-state index contributed by atoms with van der Waals surface area (Å²) in [4.78, 5) is 6.13. The molecule has 0 aliphatic heterocycles. The zero-order valence-electron chi connectivity index (χ0n) is 7.50. The van der Waals surface area contributed by atoms with E-state index in [4.69, 9.17) is 5.90 Å². The summed E-state index contributed by atoms with van der Waals surface area (Å²) in [5.74, 6) is 5.03. The molecule has 0 unspecified atom stereocenters. The highest BCUT2D eigenvalue weighted by molar-refractivity contribution is 5.38. The van der Waals surface area contributed by atoms with Gasteiger partial charge in [0.25, 0.3) is 0 Å². The van der Waals surface area contributed by atoms with Gasteiger partial charge >= 0.3 is 0 Å². The van der Waals surface area contributed by atoms with Crippen LogP contribution in [0.4, 0.5) is 0 Å². The van der Waals surface area contributed by atoms with Crippen LogP contribution in [0.2, 0.25) is 0 Å². The molecule has 0 saturated heterocycles. The molecule has 0 atom stereocenters. The molecule has 1 aromatic carbocycles. The van der Waals surface area contributed by atoms with E-state index in [0.717, 1.165) is 11.3 Å². The molecule has 2 N–H and O–H groups in total. The number of benzene rings is 1. The molecule has 1 heterocycles. The van der Waals surface area contributed by atoms with Crippen molar-refractivity contribution in [2.24, 2.45) is 5.90 Å². The van der Waals surface area contributed by atoms with Crippen LogP contribution < -0.4 is 5.90 Å². The van der Waals surface area contributed by atoms with Gasteiger partial charge in [0.1, 0.15) is 0 Å². The second-order valence-corrected chi connectivity index (χ2v) is 2.76. The second kappa shape index (κ2) is 3.99. The molecule has 0 fully saturated rings. The lowest BCUT2D eigenvalue weighted by molar-refractivity contribution is 0.124. The largest absolute Gasteiger partial charge is 0.300 e. The molecule has 1 aromatic heterocycles. The van der Waals surface area contributed by atoms with Crippen LogP contribution in [-0.2, 0) is 11.4 Å². The molecule has 0 saturated carbocycles. The van der Waals surface area contributed by atoms with Gasteiger partial charge in [0.15, 0.2) is 0 Å². The number of hydrogen-bond acceptors (Lipinski definition) is 4. The van der Waals surface area contributed by atoms with Crippen LogP contribution >= 0.6 is 0 Å². The van der Waals surface area contributed by atoms with Crippen molar-refractivity contribution in [3.05, 3.63) is 42.2 Å². The number of hydrogen-bond donors (Lipinski definition) is 1. The van der Waals surface area contributed by atoms with Crippen molar-refractivity contribution in [2.75, 3.05) is 0 Å². The minimum absolute atomic E-state index is 0.345. The molecule has 2 aromatic rings. The van der Waals surface area contributed by atoms with Crippen molar-refractivity contribution in [1.82, 2.24) is 15.0 Å². The monoisotopic (exact) mass is 190 g/mol. The third-order valence-electron chi connectivity index (χ3n) is 1.86. The highest BCUT2D eigenvalue weighted by Gasteiger charge is 2.04. The summed E-state index contributed by atoms with van der Waals surface area (Å²) in [7, 11) is 0. The van der Waals surface area contributed by atoms with E-state index < -0.39 is 0 Å². The van der Waals surface area contributed by atoms with Crippen LogP contribution in [0, 0.1) is 0 Å². The van der Waals surface area contributed by atoms with E-state index in [-0.39, 0.29) is 0 Å². The van der Waals surface area contributed by atoms with E-state index in [9.17, 15) is 0 Å². The maximum absolute atomic E-state index is 5.03. The van der Waals surface area contributed by atoms with Crippen molar-refractivity contribution in [1.29, 1.82) is 0 Å². The van der Waals surface area contributed by atoms with Gasteiger partial charge in [-0.2, -0.15) is 15.0 Å². The lowest BCUT2D eigenvalue weighted by Crippen LogP contribution is -2.06. The Morgan fingerprint density at radius 2 is 1.93 bits per heavy atom. The Bertz CT molecular complexity index is 399. The summed E-state index contributed by atoms with van der Waals surface area (Å²) >= 11 is 0. The molecule has 14 heavy (non-hydrogen) atoms. The fourth-order valence-electron chi connectivity index (χ4n) is 1.26. The molecule has 5 nitrogen and oxygen atoms in total.